The van der Waals surface area contributed by atoms with Gasteiger partial charge in [0.05, 0.1) is 17.1 Å². The molecule has 0 spiro atoms. The number of nitrogens with zero attached hydrogens (tertiary/aromatic N) is 2. The van der Waals surface area contributed by atoms with Crippen molar-refractivity contribution in [2.24, 2.45) is 0 Å². The van der Waals surface area contributed by atoms with Crippen LogP contribution in [0.2, 0.25) is 0 Å². The van der Waals surface area contributed by atoms with Crippen LogP contribution < -0.4 is 4.74 Å². The largest absolute Gasteiger partial charge is 0.488 e. The van der Waals surface area contributed by atoms with Crippen LogP contribution >= 0.6 is 12.4 Å². The van der Waals surface area contributed by atoms with Gasteiger partial charge < -0.3 is 4.74 Å². The van der Waals surface area contributed by atoms with Crippen LogP contribution in [0.1, 0.15) is 11.1 Å². The molecule has 84 valence electrons. The summed E-state index contributed by atoms with van der Waals surface area (Å²) in [6, 6.07) is 7.55. The predicted molar refractivity (Wildman–Crippen MR) is 68.2 cm³/mol. The maximum atomic E-state index is 8.88. The van der Waals surface area contributed by atoms with E-state index in [4.69, 9.17) is 10.00 Å². The fourth-order valence-electron chi connectivity index (χ4n) is 1.84. The maximum Gasteiger partial charge on any atom is 0.137 e. The second-order valence-corrected chi connectivity index (χ2v) is 3.60. The van der Waals surface area contributed by atoms with E-state index >= 15 is 0 Å². The van der Waals surface area contributed by atoms with Crippen LogP contribution in [0.15, 0.2) is 30.5 Å². The van der Waals surface area contributed by atoms with Crippen molar-refractivity contribution in [2.45, 2.75) is 0 Å². The van der Waals surface area contributed by atoms with Crippen LogP contribution in [0.25, 0.3) is 17.0 Å². The molecule has 1 aliphatic rings. The monoisotopic (exact) mass is 244 g/mol. The summed E-state index contributed by atoms with van der Waals surface area (Å²) in [6.07, 6.45) is 5.73. The van der Waals surface area contributed by atoms with Crippen molar-refractivity contribution in [2.75, 3.05) is 6.61 Å². The van der Waals surface area contributed by atoms with Crippen molar-refractivity contribution in [3.05, 3.63) is 41.6 Å². The molecule has 1 aliphatic heterocycles. The number of rotatable bonds is 0. The molecule has 3 rings (SSSR count). The molecule has 0 radical (unpaired) electrons. The number of ether oxygens (including phenoxy) is 1. The molecule has 0 saturated heterocycles. The average molecular weight is 245 g/mol. The fraction of sp³-hybridized carbons (Fsp3) is 0.0769. The molecule has 0 amide bonds. The highest BCUT2D eigenvalue weighted by Crippen LogP contribution is 2.31. The quantitative estimate of drug-likeness (QED) is 0.716. The van der Waals surface area contributed by atoms with E-state index in [1.165, 1.54) is 0 Å². The predicted octanol–water partition coefficient (Wildman–Crippen LogP) is 2.93. The van der Waals surface area contributed by atoms with Gasteiger partial charge in [-0.05, 0) is 24.3 Å². The molecule has 1 aromatic carbocycles. The van der Waals surface area contributed by atoms with E-state index in [0.29, 0.717) is 12.2 Å². The van der Waals surface area contributed by atoms with Crippen LogP contribution in [-0.2, 0) is 0 Å². The second kappa shape index (κ2) is 4.44. The van der Waals surface area contributed by atoms with Crippen LogP contribution in [-0.4, -0.2) is 11.6 Å². The Morgan fingerprint density at radius 2 is 2.24 bits per heavy atom. The van der Waals surface area contributed by atoms with Crippen molar-refractivity contribution < 1.29 is 4.74 Å². The van der Waals surface area contributed by atoms with Crippen molar-refractivity contribution in [1.82, 2.24) is 4.98 Å². The van der Waals surface area contributed by atoms with E-state index in [9.17, 15) is 0 Å². The van der Waals surface area contributed by atoms with Crippen molar-refractivity contribution >= 4 is 29.4 Å². The van der Waals surface area contributed by atoms with E-state index in [-0.39, 0.29) is 12.4 Å². The highest BCUT2D eigenvalue weighted by molar-refractivity contribution is 5.90. The Bertz CT molecular complexity index is 644. The van der Waals surface area contributed by atoms with Gasteiger partial charge in [0.1, 0.15) is 12.4 Å². The Kier molecular flexibility index (Phi) is 2.99. The SMILES string of the molecule is Cl.N#Cc1ccc2ncc3c(c2c1)OCC=C3. The Morgan fingerprint density at radius 1 is 1.35 bits per heavy atom. The fourth-order valence-corrected chi connectivity index (χ4v) is 1.84. The van der Waals surface area contributed by atoms with Crippen molar-refractivity contribution in [3.63, 3.8) is 0 Å². The summed E-state index contributed by atoms with van der Waals surface area (Å²) in [5, 5.41) is 9.78. The number of pyridine rings is 1. The first-order valence-corrected chi connectivity index (χ1v) is 5.01. The summed E-state index contributed by atoms with van der Waals surface area (Å²) in [6.45, 7) is 0.572. The minimum atomic E-state index is 0. The third-order valence-electron chi connectivity index (χ3n) is 2.60. The van der Waals surface area contributed by atoms with Gasteiger partial charge in [-0.1, -0.05) is 6.08 Å². The molecule has 2 aromatic rings. The number of hydrogen-bond donors (Lipinski definition) is 0. The molecule has 4 heteroatoms. The van der Waals surface area contributed by atoms with Crippen LogP contribution in [0.5, 0.6) is 5.75 Å². The number of hydrogen-bond acceptors (Lipinski definition) is 3. The Balaban J connectivity index is 0.00000108. The first-order valence-electron chi connectivity index (χ1n) is 5.01. The lowest BCUT2D eigenvalue weighted by molar-refractivity contribution is 0.362. The van der Waals surface area contributed by atoms with Crippen LogP contribution in [0.3, 0.4) is 0 Å². The summed E-state index contributed by atoms with van der Waals surface area (Å²) in [5.74, 6) is 0.824. The number of halogens is 1. The van der Waals surface area contributed by atoms with E-state index < -0.39 is 0 Å². The molecule has 0 N–H and O–H groups in total. The Labute approximate surface area is 105 Å². The lowest BCUT2D eigenvalue weighted by Crippen LogP contribution is -2.01. The highest BCUT2D eigenvalue weighted by atomic mass is 35.5. The first-order chi connectivity index (χ1) is 7.88. The summed E-state index contributed by atoms with van der Waals surface area (Å²) < 4.78 is 5.60. The molecule has 3 nitrogen and oxygen atoms in total. The lowest BCUT2D eigenvalue weighted by Gasteiger charge is -2.14. The summed E-state index contributed by atoms with van der Waals surface area (Å²) >= 11 is 0. The summed E-state index contributed by atoms with van der Waals surface area (Å²) in [7, 11) is 0. The molecular weight excluding hydrogens is 236 g/mol. The summed E-state index contributed by atoms with van der Waals surface area (Å²) in [4.78, 5) is 4.33. The molecular formula is C13H9ClN2O. The molecule has 0 aliphatic carbocycles. The van der Waals surface area contributed by atoms with Gasteiger partial charge in [0.2, 0.25) is 0 Å². The van der Waals surface area contributed by atoms with Gasteiger partial charge in [0.25, 0.3) is 0 Å². The zero-order chi connectivity index (χ0) is 11.0. The van der Waals surface area contributed by atoms with Crippen LogP contribution in [0, 0.1) is 11.3 Å². The van der Waals surface area contributed by atoms with E-state index in [0.717, 1.165) is 22.2 Å². The molecule has 17 heavy (non-hydrogen) atoms. The standard InChI is InChI=1S/C13H8N2O.ClH/c14-7-9-3-4-12-11(6-9)13-10(8-15-12)2-1-5-16-13;/h1-4,6,8H,5H2;1H. The zero-order valence-electron chi connectivity index (χ0n) is 8.88. The Morgan fingerprint density at radius 3 is 3.06 bits per heavy atom. The van der Waals surface area contributed by atoms with E-state index in [1.54, 1.807) is 12.3 Å². The number of nitriles is 1. The third kappa shape index (κ3) is 1.83. The van der Waals surface area contributed by atoms with Gasteiger partial charge >= 0.3 is 0 Å². The normalized spacial score (nSPS) is 12.2. The smallest absolute Gasteiger partial charge is 0.137 e. The molecule has 0 unspecified atom stereocenters. The molecule has 0 saturated carbocycles. The van der Waals surface area contributed by atoms with Crippen molar-refractivity contribution in [3.8, 4) is 11.8 Å². The van der Waals surface area contributed by atoms with Gasteiger partial charge in [-0.3, -0.25) is 4.98 Å². The van der Waals surface area contributed by atoms with E-state index in [2.05, 4.69) is 11.1 Å². The van der Waals surface area contributed by atoms with E-state index in [1.807, 2.05) is 24.3 Å². The molecule has 0 bridgehead atoms. The minimum Gasteiger partial charge on any atom is -0.488 e. The van der Waals surface area contributed by atoms with Gasteiger partial charge in [-0.15, -0.1) is 12.4 Å². The lowest BCUT2D eigenvalue weighted by atomic mass is 10.1. The third-order valence-corrected chi connectivity index (χ3v) is 2.60. The molecule has 0 fully saturated rings. The molecule has 0 atom stereocenters. The topological polar surface area (TPSA) is 45.9 Å². The molecule has 1 aromatic heterocycles. The van der Waals surface area contributed by atoms with Gasteiger partial charge in [0, 0.05) is 17.1 Å². The van der Waals surface area contributed by atoms with Crippen LogP contribution in [0.4, 0.5) is 0 Å². The highest BCUT2D eigenvalue weighted by Gasteiger charge is 2.11. The minimum absolute atomic E-state index is 0. The average Bonchev–Trinajstić information content (AvgIpc) is 2.38. The number of aromatic nitrogens is 1. The van der Waals surface area contributed by atoms with Gasteiger partial charge in [0.15, 0.2) is 0 Å². The maximum absolute atomic E-state index is 8.88. The van der Waals surface area contributed by atoms with Gasteiger partial charge in [-0.25, -0.2) is 0 Å². The summed E-state index contributed by atoms with van der Waals surface area (Å²) in [5.41, 5.74) is 2.45. The Hall–Kier alpha value is -2.05. The first kappa shape index (κ1) is 11.4. The second-order valence-electron chi connectivity index (χ2n) is 3.60. The van der Waals surface area contributed by atoms with Crippen molar-refractivity contribution in [1.29, 1.82) is 5.26 Å². The number of fused-ring (bicyclic) bond motifs is 3. The molecule has 2 heterocycles. The zero-order valence-corrected chi connectivity index (χ0v) is 9.70. The number of benzene rings is 1. The van der Waals surface area contributed by atoms with Gasteiger partial charge in [-0.2, -0.15) is 5.26 Å².